The molecule has 0 atom stereocenters. The maximum absolute atomic E-state index is 11.9. The predicted octanol–water partition coefficient (Wildman–Crippen LogP) is 2.26. The number of ether oxygens (including phenoxy) is 1. The number of halogens is 2. The van der Waals surface area contributed by atoms with E-state index in [4.69, 9.17) is 15.0 Å². The summed E-state index contributed by atoms with van der Waals surface area (Å²) in [5.41, 5.74) is 7.51. The van der Waals surface area contributed by atoms with Crippen molar-refractivity contribution >= 4 is 5.69 Å². The molecule has 21 heavy (non-hydrogen) atoms. The van der Waals surface area contributed by atoms with E-state index >= 15 is 0 Å². The second-order valence-corrected chi connectivity index (χ2v) is 4.57. The Bertz CT molecular complexity index is 561. The monoisotopic (exact) mass is 297 g/mol. The summed E-state index contributed by atoms with van der Waals surface area (Å²) in [6.45, 7) is -0.418. The van der Waals surface area contributed by atoms with Crippen LogP contribution in [0.5, 0.6) is 0 Å². The molecule has 1 aromatic carbocycles. The normalized spacial score (nSPS) is 11.2. The standard InChI is InChI=1S/C14H17F2N3O2/c15-12(16)9-20-7-6-13-18-14(21-19-13)5-4-10-2-1-3-11(17)8-10/h1-3,8,12H,4-7,9,17H2. The first-order chi connectivity index (χ1) is 10.1. The molecule has 2 rings (SSSR count). The topological polar surface area (TPSA) is 74.2 Å². The van der Waals surface area contributed by atoms with E-state index in [0.717, 1.165) is 17.7 Å². The lowest BCUT2D eigenvalue weighted by atomic mass is 10.1. The lowest BCUT2D eigenvalue weighted by molar-refractivity contribution is 0.0182. The number of hydrogen-bond donors (Lipinski definition) is 1. The first-order valence-electron chi connectivity index (χ1n) is 6.65. The van der Waals surface area contributed by atoms with Gasteiger partial charge in [-0.25, -0.2) is 8.78 Å². The maximum Gasteiger partial charge on any atom is 0.261 e. The van der Waals surface area contributed by atoms with Gasteiger partial charge in [0.15, 0.2) is 5.82 Å². The second-order valence-electron chi connectivity index (χ2n) is 4.57. The number of anilines is 1. The summed E-state index contributed by atoms with van der Waals surface area (Å²) in [7, 11) is 0. The highest BCUT2D eigenvalue weighted by molar-refractivity contribution is 5.40. The third-order valence-corrected chi connectivity index (χ3v) is 2.80. The van der Waals surface area contributed by atoms with Gasteiger partial charge in [0.05, 0.1) is 6.61 Å². The first-order valence-corrected chi connectivity index (χ1v) is 6.65. The van der Waals surface area contributed by atoms with Crippen molar-refractivity contribution in [2.75, 3.05) is 18.9 Å². The molecule has 0 aliphatic carbocycles. The molecular weight excluding hydrogens is 280 g/mol. The van der Waals surface area contributed by atoms with E-state index in [1.54, 1.807) is 0 Å². The zero-order valence-electron chi connectivity index (χ0n) is 11.5. The predicted molar refractivity (Wildman–Crippen MR) is 73.1 cm³/mol. The van der Waals surface area contributed by atoms with Crippen LogP contribution in [0.15, 0.2) is 28.8 Å². The number of alkyl halides is 2. The number of aromatic nitrogens is 2. The molecular formula is C14H17F2N3O2. The molecule has 0 fully saturated rings. The SMILES string of the molecule is Nc1cccc(CCc2nc(CCOCC(F)F)no2)c1. The Labute approximate surface area is 121 Å². The molecule has 0 spiro atoms. The molecule has 0 saturated carbocycles. The number of nitrogens with zero attached hydrogens (tertiary/aromatic N) is 2. The third kappa shape index (κ3) is 5.47. The zero-order chi connectivity index (χ0) is 15.1. The van der Waals surface area contributed by atoms with Crippen LogP contribution in [-0.4, -0.2) is 29.8 Å². The highest BCUT2D eigenvalue weighted by atomic mass is 19.3. The quantitative estimate of drug-likeness (QED) is 0.597. The minimum Gasteiger partial charge on any atom is -0.399 e. The minimum atomic E-state index is -2.45. The Kier molecular flexibility index (Phi) is 5.62. The molecule has 0 bridgehead atoms. The zero-order valence-corrected chi connectivity index (χ0v) is 11.5. The molecule has 2 aromatic rings. The fourth-order valence-corrected chi connectivity index (χ4v) is 1.83. The van der Waals surface area contributed by atoms with Gasteiger partial charge in [0, 0.05) is 18.5 Å². The van der Waals surface area contributed by atoms with Crippen molar-refractivity contribution in [3.8, 4) is 0 Å². The van der Waals surface area contributed by atoms with Crippen LogP contribution < -0.4 is 5.73 Å². The van der Waals surface area contributed by atoms with E-state index in [9.17, 15) is 8.78 Å². The molecule has 0 aliphatic heterocycles. The first kappa shape index (κ1) is 15.4. The average molecular weight is 297 g/mol. The fourth-order valence-electron chi connectivity index (χ4n) is 1.83. The summed E-state index contributed by atoms with van der Waals surface area (Å²) in [5.74, 6) is 0.980. The van der Waals surface area contributed by atoms with Gasteiger partial charge in [-0.05, 0) is 24.1 Å². The van der Waals surface area contributed by atoms with Crippen molar-refractivity contribution in [1.29, 1.82) is 0 Å². The summed E-state index contributed by atoms with van der Waals surface area (Å²) >= 11 is 0. The lowest BCUT2D eigenvalue weighted by Crippen LogP contribution is -2.07. The van der Waals surface area contributed by atoms with E-state index in [-0.39, 0.29) is 6.61 Å². The summed E-state index contributed by atoms with van der Waals surface area (Å²) < 4.78 is 33.6. The highest BCUT2D eigenvalue weighted by Gasteiger charge is 2.08. The second kappa shape index (κ2) is 7.68. The van der Waals surface area contributed by atoms with E-state index in [2.05, 4.69) is 10.1 Å². The molecule has 0 saturated heterocycles. The van der Waals surface area contributed by atoms with E-state index in [1.807, 2.05) is 24.3 Å². The molecule has 5 nitrogen and oxygen atoms in total. The van der Waals surface area contributed by atoms with Crippen molar-refractivity contribution in [3.05, 3.63) is 41.5 Å². The molecule has 0 unspecified atom stereocenters. The Hall–Kier alpha value is -2.02. The van der Waals surface area contributed by atoms with Crippen LogP contribution in [0.3, 0.4) is 0 Å². The van der Waals surface area contributed by atoms with Gasteiger partial charge in [-0.2, -0.15) is 4.98 Å². The van der Waals surface area contributed by atoms with Crippen molar-refractivity contribution in [1.82, 2.24) is 10.1 Å². The van der Waals surface area contributed by atoms with Crippen molar-refractivity contribution < 1.29 is 18.0 Å². The van der Waals surface area contributed by atoms with E-state index in [1.165, 1.54) is 0 Å². The Morgan fingerprint density at radius 1 is 1.24 bits per heavy atom. The largest absolute Gasteiger partial charge is 0.399 e. The van der Waals surface area contributed by atoms with Gasteiger partial charge in [-0.1, -0.05) is 17.3 Å². The van der Waals surface area contributed by atoms with Crippen LogP contribution in [0.4, 0.5) is 14.5 Å². The van der Waals surface area contributed by atoms with Crippen LogP contribution in [-0.2, 0) is 24.0 Å². The number of nitrogens with two attached hydrogens (primary N) is 1. The highest BCUT2D eigenvalue weighted by Crippen LogP contribution is 2.10. The molecule has 0 aliphatic rings. The summed E-state index contributed by atoms with van der Waals surface area (Å²) in [6.07, 6.45) is -0.749. The molecule has 2 N–H and O–H groups in total. The van der Waals surface area contributed by atoms with Gasteiger partial charge in [0.25, 0.3) is 6.43 Å². The number of aryl methyl sites for hydroxylation is 2. The lowest BCUT2D eigenvalue weighted by Gasteiger charge is -2.00. The Morgan fingerprint density at radius 2 is 2.10 bits per heavy atom. The maximum atomic E-state index is 11.9. The molecule has 1 heterocycles. The van der Waals surface area contributed by atoms with Gasteiger partial charge in [0.1, 0.15) is 6.61 Å². The average Bonchev–Trinajstić information content (AvgIpc) is 2.89. The third-order valence-electron chi connectivity index (χ3n) is 2.80. The summed E-state index contributed by atoms with van der Waals surface area (Å²) in [4.78, 5) is 4.19. The molecule has 114 valence electrons. The van der Waals surface area contributed by atoms with Gasteiger partial charge < -0.3 is 15.0 Å². The minimum absolute atomic E-state index is 0.151. The Morgan fingerprint density at radius 3 is 2.86 bits per heavy atom. The molecule has 1 aromatic heterocycles. The molecule has 7 heteroatoms. The number of benzene rings is 1. The summed E-state index contributed by atoms with van der Waals surface area (Å²) in [6, 6.07) is 7.60. The van der Waals surface area contributed by atoms with Gasteiger partial charge in [0.2, 0.25) is 5.89 Å². The smallest absolute Gasteiger partial charge is 0.261 e. The van der Waals surface area contributed by atoms with Crippen molar-refractivity contribution in [3.63, 3.8) is 0 Å². The van der Waals surface area contributed by atoms with Gasteiger partial charge in [-0.15, -0.1) is 0 Å². The fraction of sp³-hybridized carbons (Fsp3) is 0.429. The summed E-state index contributed by atoms with van der Waals surface area (Å²) in [5, 5.41) is 3.78. The number of nitrogen functional groups attached to an aromatic ring is 1. The molecule has 0 amide bonds. The van der Waals surface area contributed by atoms with Crippen LogP contribution in [0.25, 0.3) is 0 Å². The van der Waals surface area contributed by atoms with E-state index < -0.39 is 13.0 Å². The van der Waals surface area contributed by atoms with E-state index in [0.29, 0.717) is 24.6 Å². The van der Waals surface area contributed by atoms with Gasteiger partial charge in [-0.3, -0.25) is 0 Å². The Balaban J connectivity index is 1.75. The van der Waals surface area contributed by atoms with Crippen molar-refractivity contribution in [2.24, 2.45) is 0 Å². The molecule has 0 radical (unpaired) electrons. The van der Waals surface area contributed by atoms with Crippen molar-refractivity contribution in [2.45, 2.75) is 25.7 Å². The van der Waals surface area contributed by atoms with Crippen LogP contribution in [0.1, 0.15) is 17.3 Å². The van der Waals surface area contributed by atoms with Crippen LogP contribution >= 0.6 is 0 Å². The number of hydrogen-bond acceptors (Lipinski definition) is 5. The van der Waals surface area contributed by atoms with Crippen LogP contribution in [0, 0.1) is 0 Å². The number of rotatable bonds is 8. The van der Waals surface area contributed by atoms with Gasteiger partial charge >= 0.3 is 0 Å². The van der Waals surface area contributed by atoms with Crippen LogP contribution in [0.2, 0.25) is 0 Å².